The molecule has 0 atom stereocenters. The van der Waals surface area contributed by atoms with Gasteiger partial charge >= 0.3 is 0 Å². The maximum atomic E-state index is 11.7. The summed E-state index contributed by atoms with van der Waals surface area (Å²) in [6.45, 7) is 15.7. The first-order valence-electron chi connectivity index (χ1n) is 9.55. The highest BCUT2D eigenvalue weighted by Crippen LogP contribution is 2.00. The van der Waals surface area contributed by atoms with E-state index in [2.05, 4.69) is 48.1 Å². The maximum absolute atomic E-state index is 11.7. The minimum Gasteiger partial charge on any atom is -0.355 e. The molecule has 6 heteroatoms. The zero-order valence-corrected chi connectivity index (χ0v) is 16.2. The van der Waals surface area contributed by atoms with E-state index in [4.69, 9.17) is 0 Å². The zero-order valence-electron chi connectivity index (χ0n) is 16.2. The number of unbranched alkanes of at least 4 members (excludes halogenated alkanes) is 1. The van der Waals surface area contributed by atoms with Gasteiger partial charge in [-0.05, 0) is 39.0 Å². The first kappa shape index (κ1) is 22.9. The van der Waals surface area contributed by atoms with Gasteiger partial charge in [-0.1, -0.05) is 27.7 Å². The molecule has 0 aliphatic carbocycles. The molecule has 24 heavy (non-hydrogen) atoms. The highest BCUT2D eigenvalue weighted by molar-refractivity contribution is 5.77. The summed E-state index contributed by atoms with van der Waals surface area (Å²) >= 11 is 0. The third kappa shape index (κ3) is 12.3. The van der Waals surface area contributed by atoms with E-state index in [-0.39, 0.29) is 11.8 Å². The third-order valence-electron chi connectivity index (χ3n) is 4.35. The Morgan fingerprint density at radius 1 is 0.667 bits per heavy atom. The van der Waals surface area contributed by atoms with Gasteiger partial charge in [0.2, 0.25) is 11.8 Å². The van der Waals surface area contributed by atoms with E-state index in [1.807, 2.05) is 0 Å². The first-order chi connectivity index (χ1) is 11.6. The summed E-state index contributed by atoms with van der Waals surface area (Å²) in [5.74, 6) is 0.174. The molecule has 0 unspecified atom stereocenters. The standard InChI is InChI=1S/C18H38N4O2/c1-5-21(6-2)15-13-19-17(23)11-9-10-12-18(24)20-14-16-22(7-3)8-4/h5-16H2,1-4H3,(H,19,23)(H,20,24). The smallest absolute Gasteiger partial charge is 0.220 e. The van der Waals surface area contributed by atoms with Gasteiger partial charge in [-0.15, -0.1) is 0 Å². The fraction of sp³-hybridized carbons (Fsp3) is 0.889. The lowest BCUT2D eigenvalue weighted by Crippen LogP contribution is -2.35. The van der Waals surface area contributed by atoms with Crippen molar-refractivity contribution in [2.45, 2.75) is 53.4 Å². The molecule has 0 aromatic carbocycles. The van der Waals surface area contributed by atoms with Crippen LogP contribution in [-0.4, -0.2) is 74.0 Å². The van der Waals surface area contributed by atoms with Crippen molar-refractivity contribution in [3.8, 4) is 0 Å². The Balaban J connectivity index is 3.56. The topological polar surface area (TPSA) is 64.7 Å². The van der Waals surface area contributed by atoms with Crippen molar-refractivity contribution in [2.75, 3.05) is 52.4 Å². The van der Waals surface area contributed by atoms with Crippen molar-refractivity contribution < 1.29 is 9.59 Å². The lowest BCUT2D eigenvalue weighted by Gasteiger charge is -2.18. The molecular weight excluding hydrogens is 304 g/mol. The average molecular weight is 343 g/mol. The van der Waals surface area contributed by atoms with Gasteiger partial charge in [-0.25, -0.2) is 0 Å². The van der Waals surface area contributed by atoms with Gasteiger partial charge in [-0.2, -0.15) is 0 Å². The highest BCUT2D eigenvalue weighted by Gasteiger charge is 2.05. The zero-order chi connectivity index (χ0) is 18.2. The predicted octanol–water partition coefficient (Wildman–Crippen LogP) is 1.46. The molecule has 0 spiro atoms. The molecule has 0 heterocycles. The van der Waals surface area contributed by atoms with Crippen molar-refractivity contribution in [1.29, 1.82) is 0 Å². The van der Waals surface area contributed by atoms with E-state index in [1.54, 1.807) is 0 Å². The molecule has 142 valence electrons. The summed E-state index contributed by atoms with van der Waals surface area (Å²) in [7, 11) is 0. The van der Waals surface area contributed by atoms with Crippen LogP contribution < -0.4 is 10.6 Å². The molecular formula is C18H38N4O2. The van der Waals surface area contributed by atoms with Gasteiger partial charge < -0.3 is 20.4 Å². The molecule has 0 saturated heterocycles. The Kier molecular flexibility index (Phi) is 14.7. The van der Waals surface area contributed by atoms with E-state index in [1.165, 1.54) is 0 Å². The largest absolute Gasteiger partial charge is 0.355 e. The van der Waals surface area contributed by atoms with E-state index in [0.717, 1.165) is 52.1 Å². The number of carbonyl (C=O) groups excluding carboxylic acids is 2. The molecule has 0 aliphatic heterocycles. The second-order valence-corrected chi connectivity index (χ2v) is 5.96. The summed E-state index contributed by atoms with van der Waals surface area (Å²) in [6.07, 6.45) is 2.54. The van der Waals surface area contributed by atoms with E-state index < -0.39 is 0 Å². The molecule has 0 saturated carbocycles. The van der Waals surface area contributed by atoms with Crippen molar-refractivity contribution >= 4 is 11.8 Å². The molecule has 0 aromatic rings. The number of hydrogen-bond acceptors (Lipinski definition) is 4. The van der Waals surface area contributed by atoms with Crippen LogP contribution in [0, 0.1) is 0 Å². The second-order valence-electron chi connectivity index (χ2n) is 5.96. The Morgan fingerprint density at radius 2 is 1.00 bits per heavy atom. The van der Waals surface area contributed by atoms with Crippen LogP contribution in [-0.2, 0) is 9.59 Å². The second kappa shape index (κ2) is 15.4. The van der Waals surface area contributed by atoms with E-state index >= 15 is 0 Å². The third-order valence-corrected chi connectivity index (χ3v) is 4.35. The van der Waals surface area contributed by atoms with Crippen LogP contribution in [0.5, 0.6) is 0 Å². The molecule has 0 rings (SSSR count). The van der Waals surface area contributed by atoms with Gasteiger partial charge in [-0.3, -0.25) is 9.59 Å². The minimum atomic E-state index is 0.0871. The molecule has 2 amide bonds. The van der Waals surface area contributed by atoms with Gasteiger partial charge in [0.1, 0.15) is 0 Å². The van der Waals surface area contributed by atoms with Crippen LogP contribution in [0.2, 0.25) is 0 Å². The van der Waals surface area contributed by atoms with Crippen molar-refractivity contribution in [2.24, 2.45) is 0 Å². The van der Waals surface area contributed by atoms with Gasteiger partial charge in [0.05, 0.1) is 0 Å². The van der Waals surface area contributed by atoms with Crippen LogP contribution in [0.3, 0.4) is 0 Å². The molecule has 0 radical (unpaired) electrons. The van der Waals surface area contributed by atoms with Crippen LogP contribution in [0.15, 0.2) is 0 Å². The SMILES string of the molecule is CCN(CC)CCNC(=O)CCCCC(=O)NCCN(CC)CC. The summed E-state index contributed by atoms with van der Waals surface area (Å²) in [5.41, 5.74) is 0. The summed E-state index contributed by atoms with van der Waals surface area (Å²) in [4.78, 5) is 28.0. The highest BCUT2D eigenvalue weighted by atomic mass is 16.2. The van der Waals surface area contributed by atoms with Gasteiger partial charge in [0.15, 0.2) is 0 Å². The maximum Gasteiger partial charge on any atom is 0.220 e. The van der Waals surface area contributed by atoms with Gasteiger partial charge in [0, 0.05) is 39.0 Å². The van der Waals surface area contributed by atoms with E-state index in [9.17, 15) is 9.59 Å². The summed E-state index contributed by atoms with van der Waals surface area (Å²) in [6, 6.07) is 0. The van der Waals surface area contributed by atoms with Crippen LogP contribution >= 0.6 is 0 Å². The Labute approximate surface area is 148 Å². The Hall–Kier alpha value is -1.14. The number of nitrogens with zero attached hydrogens (tertiary/aromatic N) is 2. The molecule has 0 aliphatic rings. The average Bonchev–Trinajstić information content (AvgIpc) is 2.59. The number of carbonyl (C=O) groups is 2. The minimum absolute atomic E-state index is 0.0871. The van der Waals surface area contributed by atoms with Crippen molar-refractivity contribution in [3.63, 3.8) is 0 Å². The molecule has 2 N–H and O–H groups in total. The molecule has 0 aromatic heterocycles. The quantitative estimate of drug-likeness (QED) is 0.442. The monoisotopic (exact) mass is 342 g/mol. The lowest BCUT2D eigenvalue weighted by atomic mass is 10.2. The first-order valence-corrected chi connectivity index (χ1v) is 9.55. The number of amides is 2. The summed E-state index contributed by atoms with van der Waals surface area (Å²) < 4.78 is 0. The number of likely N-dealkylation sites (N-methyl/N-ethyl adjacent to an activating group) is 2. The van der Waals surface area contributed by atoms with Gasteiger partial charge in [0.25, 0.3) is 0 Å². The van der Waals surface area contributed by atoms with Crippen LogP contribution in [0.4, 0.5) is 0 Å². The Morgan fingerprint density at radius 3 is 1.29 bits per heavy atom. The molecule has 6 nitrogen and oxygen atoms in total. The number of hydrogen-bond donors (Lipinski definition) is 2. The normalized spacial score (nSPS) is 11.1. The Bertz CT molecular complexity index is 297. The predicted molar refractivity (Wildman–Crippen MR) is 100 cm³/mol. The van der Waals surface area contributed by atoms with Crippen LogP contribution in [0.25, 0.3) is 0 Å². The van der Waals surface area contributed by atoms with Crippen molar-refractivity contribution in [1.82, 2.24) is 20.4 Å². The lowest BCUT2D eigenvalue weighted by molar-refractivity contribution is -0.123. The molecule has 0 bridgehead atoms. The number of nitrogens with one attached hydrogen (secondary N) is 2. The van der Waals surface area contributed by atoms with Crippen molar-refractivity contribution in [3.05, 3.63) is 0 Å². The van der Waals surface area contributed by atoms with E-state index in [0.29, 0.717) is 25.9 Å². The fourth-order valence-electron chi connectivity index (χ4n) is 2.53. The number of rotatable bonds is 15. The summed E-state index contributed by atoms with van der Waals surface area (Å²) in [5, 5.41) is 5.89. The fourth-order valence-corrected chi connectivity index (χ4v) is 2.53. The van der Waals surface area contributed by atoms with Crippen LogP contribution in [0.1, 0.15) is 53.4 Å². The molecule has 0 fully saturated rings.